The summed E-state index contributed by atoms with van der Waals surface area (Å²) in [6.07, 6.45) is -0.549. The number of carbonyl (C=O) groups is 1. The minimum absolute atomic E-state index is 0.316. The molecule has 0 atom stereocenters. The van der Waals surface area contributed by atoms with Crippen molar-refractivity contribution in [1.29, 1.82) is 0 Å². The highest BCUT2D eigenvalue weighted by Crippen LogP contribution is 2.25. The number of carbonyl (C=O) groups excluding carboxylic acids is 1. The molecule has 7 heteroatoms. The molecule has 0 saturated carbocycles. The average molecular weight is 349 g/mol. The molecule has 2 aromatic carbocycles. The molecule has 26 heavy (non-hydrogen) atoms. The minimum Gasteiger partial charge on any atom is -0.444 e. The predicted octanol–water partition coefficient (Wildman–Crippen LogP) is 3.95. The van der Waals surface area contributed by atoms with E-state index in [4.69, 9.17) is 4.74 Å². The van der Waals surface area contributed by atoms with Crippen molar-refractivity contribution < 1.29 is 9.53 Å². The largest absolute Gasteiger partial charge is 0.444 e. The van der Waals surface area contributed by atoms with Gasteiger partial charge in [0.1, 0.15) is 5.60 Å². The summed E-state index contributed by atoms with van der Waals surface area (Å²) >= 11 is 0. The SMILES string of the molecule is CC(C)(C)OC(=O)Nc1ccccc1-c1nnc(-c2ccccc2)nn1. The van der Waals surface area contributed by atoms with Crippen molar-refractivity contribution in [3.63, 3.8) is 0 Å². The first-order chi connectivity index (χ1) is 12.4. The molecule has 3 rings (SSSR count). The van der Waals surface area contributed by atoms with E-state index in [0.717, 1.165) is 5.56 Å². The predicted molar refractivity (Wildman–Crippen MR) is 98.4 cm³/mol. The van der Waals surface area contributed by atoms with Gasteiger partial charge in [-0.3, -0.25) is 5.32 Å². The first-order valence-electron chi connectivity index (χ1n) is 8.14. The molecular formula is C19H19N5O2. The maximum absolute atomic E-state index is 12.0. The maximum Gasteiger partial charge on any atom is 0.412 e. The Morgan fingerprint density at radius 1 is 0.846 bits per heavy atom. The molecule has 0 spiro atoms. The van der Waals surface area contributed by atoms with Crippen molar-refractivity contribution in [2.75, 3.05) is 5.32 Å². The van der Waals surface area contributed by atoms with E-state index in [2.05, 4.69) is 25.7 Å². The van der Waals surface area contributed by atoms with Crippen molar-refractivity contribution in [2.24, 2.45) is 0 Å². The smallest absolute Gasteiger partial charge is 0.412 e. The second kappa shape index (κ2) is 7.26. The summed E-state index contributed by atoms with van der Waals surface area (Å²) in [6.45, 7) is 5.41. The summed E-state index contributed by atoms with van der Waals surface area (Å²) in [5.74, 6) is 0.753. The van der Waals surface area contributed by atoms with Crippen LogP contribution in [0.5, 0.6) is 0 Å². The number of hydrogen-bond acceptors (Lipinski definition) is 6. The molecule has 0 aliphatic rings. The van der Waals surface area contributed by atoms with Crippen LogP contribution in [-0.2, 0) is 4.74 Å². The monoisotopic (exact) mass is 349 g/mol. The van der Waals surface area contributed by atoms with E-state index in [9.17, 15) is 4.79 Å². The number of ether oxygens (including phenoxy) is 1. The Morgan fingerprint density at radius 3 is 2.08 bits per heavy atom. The Morgan fingerprint density at radius 2 is 1.42 bits per heavy atom. The second-order valence-corrected chi connectivity index (χ2v) is 6.59. The van der Waals surface area contributed by atoms with Crippen LogP contribution in [0.2, 0.25) is 0 Å². The fourth-order valence-electron chi connectivity index (χ4n) is 2.24. The molecule has 0 aliphatic heterocycles. The van der Waals surface area contributed by atoms with E-state index in [1.807, 2.05) is 36.4 Å². The molecule has 0 bridgehead atoms. The Bertz CT molecular complexity index is 890. The summed E-state index contributed by atoms with van der Waals surface area (Å²) in [5, 5.41) is 19.3. The highest BCUT2D eigenvalue weighted by Gasteiger charge is 2.18. The zero-order valence-corrected chi connectivity index (χ0v) is 14.8. The Kier molecular flexibility index (Phi) is 4.88. The van der Waals surface area contributed by atoms with Gasteiger partial charge in [-0.15, -0.1) is 20.4 Å². The van der Waals surface area contributed by atoms with Gasteiger partial charge in [-0.2, -0.15) is 0 Å². The van der Waals surface area contributed by atoms with Crippen LogP contribution >= 0.6 is 0 Å². The summed E-state index contributed by atoms with van der Waals surface area (Å²) in [5.41, 5.74) is 1.38. The summed E-state index contributed by atoms with van der Waals surface area (Å²) in [4.78, 5) is 12.0. The van der Waals surface area contributed by atoms with Crippen LogP contribution in [-0.4, -0.2) is 32.1 Å². The summed E-state index contributed by atoms with van der Waals surface area (Å²) in [6, 6.07) is 16.6. The standard InChI is InChI=1S/C19H19N5O2/c1-19(2,3)26-18(25)20-15-12-8-7-11-14(15)17-23-21-16(22-24-17)13-9-5-4-6-10-13/h4-12H,1-3H3,(H,20,25). The van der Waals surface area contributed by atoms with Gasteiger partial charge in [-0.25, -0.2) is 4.79 Å². The van der Waals surface area contributed by atoms with Crippen molar-refractivity contribution in [3.05, 3.63) is 54.6 Å². The van der Waals surface area contributed by atoms with E-state index in [1.165, 1.54) is 0 Å². The third-order valence-corrected chi connectivity index (χ3v) is 3.31. The zero-order valence-electron chi connectivity index (χ0n) is 14.8. The van der Waals surface area contributed by atoms with Gasteiger partial charge in [-0.05, 0) is 32.9 Å². The molecule has 0 radical (unpaired) electrons. The number of amides is 1. The molecule has 0 fully saturated rings. The molecule has 1 aromatic heterocycles. The molecule has 132 valence electrons. The van der Waals surface area contributed by atoms with Crippen molar-refractivity contribution >= 4 is 11.8 Å². The minimum atomic E-state index is -0.587. The van der Waals surface area contributed by atoms with E-state index in [-0.39, 0.29) is 0 Å². The van der Waals surface area contributed by atoms with Crippen molar-refractivity contribution in [3.8, 4) is 22.8 Å². The average Bonchev–Trinajstić information content (AvgIpc) is 2.61. The first kappa shape index (κ1) is 17.5. The lowest BCUT2D eigenvalue weighted by Crippen LogP contribution is -2.27. The molecule has 1 amide bonds. The van der Waals surface area contributed by atoms with Crippen LogP contribution in [0, 0.1) is 0 Å². The van der Waals surface area contributed by atoms with Crippen LogP contribution in [0.4, 0.5) is 10.5 Å². The van der Waals surface area contributed by atoms with Gasteiger partial charge in [0.25, 0.3) is 0 Å². The van der Waals surface area contributed by atoms with Gasteiger partial charge in [0, 0.05) is 11.1 Å². The third-order valence-electron chi connectivity index (χ3n) is 3.31. The van der Waals surface area contributed by atoms with Crippen LogP contribution in [0.1, 0.15) is 20.8 Å². The lowest BCUT2D eigenvalue weighted by atomic mass is 10.1. The number of para-hydroxylation sites is 1. The topological polar surface area (TPSA) is 89.9 Å². The molecule has 0 saturated heterocycles. The van der Waals surface area contributed by atoms with Gasteiger partial charge in [-0.1, -0.05) is 42.5 Å². The first-order valence-corrected chi connectivity index (χ1v) is 8.14. The van der Waals surface area contributed by atoms with E-state index in [0.29, 0.717) is 22.9 Å². The molecule has 7 nitrogen and oxygen atoms in total. The quantitative estimate of drug-likeness (QED) is 0.770. The van der Waals surface area contributed by atoms with Crippen molar-refractivity contribution in [1.82, 2.24) is 20.4 Å². The second-order valence-electron chi connectivity index (χ2n) is 6.59. The Balaban J connectivity index is 1.85. The molecule has 1 N–H and O–H groups in total. The third kappa shape index (κ3) is 4.38. The van der Waals surface area contributed by atoms with Crippen LogP contribution in [0.15, 0.2) is 54.6 Å². The van der Waals surface area contributed by atoms with Crippen LogP contribution < -0.4 is 5.32 Å². The number of nitrogens with one attached hydrogen (secondary N) is 1. The number of benzene rings is 2. The van der Waals surface area contributed by atoms with Gasteiger partial charge in [0.2, 0.25) is 11.6 Å². The van der Waals surface area contributed by atoms with Crippen molar-refractivity contribution in [2.45, 2.75) is 26.4 Å². The fourth-order valence-corrected chi connectivity index (χ4v) is 2.24. The highest BCUT2D eigenvalue weighted by atomic mass is 16.6. The van der Waals surface area contributed by atoms with Gasteiger partial charge < -0.3 is 4.74 Å². The Labute approximate surface area is 151 Å². The number of anilines is 1. The van der Waals surface area contributed by atoms with E-state index in [1.54, 1.807) is 39.0 Å². The number of rotatable bonds is 3. The van der Waals surface area contributed by atoms with Crippen LogP contribution in [0.25, 0.3) is 22.8 Å². The van der Waals surface area contributed by atoms with Gasteiger partial charge in [0.15, 0.2) is 0 Å². The summed E-state index contributed by atoms with van der Waals surface area (Å²) in [7, 11) is 0. The van der Waals surface area contributed by atoms with Crippen LogP contribution in [0.3, 0.4) is 0 Å². The summed E-state index contributed by atoms with van der Waals surface area (Å²) < 4.78 is 5.29. The highest BCUT2D eigenvalue weighted by molar-refractivity contribution is 5.90. The fraction of sp³-hybridized carbons (Fsp3) is 0.211. The molecule has 1 heterocycles. The molecule has 0 aliphatic carbocycles. The number of aromatic nitrogens is 4. The van der Waals surface area contributed by atoms with E-state index >= 15 is 0 Å². The molecular weight excluding hydrogens is 330 g/mol. The lowest BCUT2D eigenvalue weighted by Gasteiger charge is -2.20. The van der Waals surface area contributed by atoms with Gasteiger partial charge in [0.05, 0.1) is 5.69 Å². The van der Waals surface area contributed by atoms with Gasteiger partial charge >= 0.3 is 6.09 Å². The number of nitrogens with zero attached hydrogens (tertiary/aromatic N) is 4. The zero-order chi connectivity index (χ0) is 18.6. The number of hydrogen-bond donors (Lipinski definition) is 1. The molecule has 3 aromatic rings. The van der Waals surface area contributed by atoms with E-state index < -0.39 is 11.7 Å². The Hall–Kier alpha value is -3.35. The maximum atomic E-state index is 12.0. The molecule has 0 unspecified atom stereocenters. The normalized spacial score (nSPS) is 11.0. The lowest BCUT2D eigenvalue weighted by molar-refractivity contribution is 0.0636.